The number of pyridine rings is 1. The van der Waals surface area contributed by atoms with Gasteiger partial charge in [-0.15, -0.1) is 0 Å². The highest BCUT2D eigenvalue weighted by Crippen LogP contribution is 2.33. The van der Waals surface area contributed by atoms with Crippen LogP contribution in [0.25, 0.3) is 21.9 Å². The smallest absolute Gasteiger partial charge is 0.306 e. The van der Waals surface area contributed by atoms with Crippen molar-refractivity contribution in [3.05, 3.63) is 99.9 Å². The molecule has 182 valence electrons. The van der Waals surface area contributed by atoms with Crippen LogP contribution in [0.5, 0.6) is 5.75 Å². The maximum Gasteiger partial charge on any atom is 0.306 e. The van der Waals surface area contributed by atoms with Gasteiger partial charge in [-0.05, 0) is 48.7 Å². The molecule has 5 rings (SSSR count). The summed E-state index contributed by atoms with van der Waals surface area (Å²) in [7, 11) is 1.31. The summed E-state index contributed by atoms with van der Waals surface area (Å²) in [5, 5.41) is 12.0. The molecule has 0 fully saturated rings. The zero-order valence-electron chi connectivity index (χ0n) is 20.1. The van der Waals surface area contributed by atoms with Crippen LogP contribution in [-0.4, -0.2) is 37.7 Å². The van der Waals surface area contributed by atoms with Crippen LogP contribution < -0.4 is 5.56 Å². The van der Waals surface area contributed by atoms with Crippen LogP contribution in [0.3, 0.4) is 0 Å². The van der Waals surface area contributed by atoms with E-state index < -0.39 is 11.9 Å². The van der Waals surface area contributed by atoms with Gasteiger partial charge in [0.15, 0.2) is 0 Å². The molecule has 2 N–H and O–H groups in total. The summed E-state index contributed by atoms with van der Waals surface area (Å²) in [6.07, 6.45) is 5.68. The van der Waals surface area contributed by atoms with Gasteiger partial charge in [-0.25, -0.2) is 0 Å². The summed E-state index contributed by atoms with van der Waals surface area (Å²) in [5.41, 5.74) is 4.62. The van der Waals surface area contributed by atoms with Gasteiger partial charge in [0.2, 0.25) is 0 Å². The summed E-state index contributed by atoms with van der Waals surface area (Å²) in [6.45, 7) is 2.22. The summed E-state index contributed by atoms with van der Waals surface area (Å²) in [5.74, 6) is -1.34. The second kappa shape index (κ2) is 9.65. The number of carbonyl (C=O) groups is 1. The summed E-state index contributed by atoms with van der Waals surface area (Å²) in [4.78, 5) is 38.1. The van der Waals surface area contributed by atoms with Crippen molar-refractivity contribution < 1.29 is 14.6 Å². The van der Waals surface area contributed by atoms with Crippen LogP contribution in [0.1, 0.15) is 34.7 Å². The zero-order valence-corrected chi connectivity index (χ0v) is 20.1. The number of hydrogen-bond donors (Lipinski definition) is 2. The Kier molecular flexibility index (Phi) is 6.25. The Labute approximate surface area is 207 Å². The number of ether oxygens (including phenoxy) is 1. The first-order chi connectivity index (χ1) is 17.5. The number of rotatable bonds is 7. The zero-order chi connectivity index (χ0) is 25.2. The number of methoxy groups -OCH3 is 1. The number of nitrogens with one attached hydrogen (secondary N) is 1. The predicted molar refractivity (Wildman–Crippen MR) is 137 cm³/mol. The molecule has 2 aromatic carbocycles. The number of aromatic hydroxyl groups is 1. The predicted octanol–water partition coefficient (Wildman–Crippen LogP) is 4.22. The maximum atomic E-state index is 13.8. The molecular formula is C28H26N4O4. The molecule has 0 aliphatic rings. The summed E-state index contributed by atoms with van der Waals surface area (Å²) >= 11 is 0. The molecule has 0 aliphatic carbocycles. The Morgan fingerprint density at radius 3 is 2.69 bits per heavy atom. The number of nitrogens with zero attached hydrogens (tertiary/aromatic N) is 3. The second-order valence-electron chi connectivity index (χ2n) is 8.79. The minimum Gasteiger partial charge on any atom is -0.507 e. The van der Waals surface area contributed by atoms with Crippen molar-refractivity contribution in [3.63, 3.8) is 0 Å². The van der Waals surface area contributed by atoms with Gasteiger partial charge in [-0.3, -0.25) is 19.6 Å². The standard InChI is InChI=1S/C28H26N4O4/c1-17-13-25(33)27(28(35)32(17)12-9-19-16-31-22-6-4-3-5-20(19)22)21(15-26(34)36-2)18-7-8-23-24(14-18)30-11-10-29-23/h3-8,10-11,13-14,16,21,31,33H,9,12,15H2,1-2H3/t21-/m1/s1. The lowest BCUT2D eigenvalue weighted by Crippen LogP contribution is -2.29. The quantitative estimate of drug-likeness (QED) is 0.336. The van der Waals surface area contributed by atoms with Gasteiger partial charge in [0, 0.05) is 47.7 Å². The van der Waals surface area contributed by atoms with Crippen LogP contribution in [0.4, 0.5) is 0 Å². The van der Waals surface area contributed by atoms with E-state index in [0.717, 1.165) is 16.5 Å². The molecule has 5 aromatic rings. The monoisotopic (exact) mass is 482 g/mol. The number of aromatic amines is 1. The number of aryl methyl sites for hydroxylation is 2. The topological polar surface area (TPSA) is 110 Å². The highest BCUT2D eigenvalue weighted by Gasteiger charge is 2.27. The maximum absolute atomic E-state index is 13.8. The van der Waals surface area contributed by atoms with Crippen molar-refractivity contribution in [3.8, 4) is 5.75 Å². The third-order valence-electron chi connectivity index (χ3n) is 6.65. The van der Waals surface area contributed by atoms with Crippen molar-refractivity contribution in [2.75, 3.05) is 7.11 Å². The molecule has 36 heavy (non-hydrogen) atoms. The van der Waals surface area contributed by atoms with Gasteiger partial charge in [0.1, 0.15) is 5.75 Å². The van der Waals surface area contributed by atoms with E-state index in [4.69, 9.17) is 4.74 Å². The van der Waals surface area contributed by atoms with E-state index in [9.17, 15) is 14.7 Å². The van der Waals surface area contributed by atoms with E-state index >= 15 is 0 Å². The van der Waals surface area contributed by atoms with Crippen LogP contribution in [0.2, 0.25) is 0 Å². The van der Waals surface area contributed by atoms with Crippen LogP contribution in [0, 0.1) is 6.92 Å². The Morgan fingerprint density at radius 2 is 1.89 bits per heavy atom. The molecule has 0 amide bonds. The molecule has 8 heteroatoms. The number of hydrogen-bond acceptors (Lipinski definition) is 6. The molecular weight excluding hydrogens is 456 g/mol. The van der Waals surface area contributed by atoms with Crippen molar-refractivity contribution >= 4 is 27.9 Å². The van der Waals surface area contributed by atoms with Gasteiger partial charge >= 0.3 is 5.97 Å². The highest BCUT2D eigenvalue weighted by molar-refractivity contribution is 5.83. The number of benzene rings is 2. The molecule has 3 heterocycles. The van der Waals surface area contributed by atoms with Crippen LogP contribution >= 0.6 is 0 Å². The molecule has 0 saturated heterocycles. The molecule has 1 atom stereocenters. The molecule has 3 aromatic heterocycles. The first-order valence-corrected chi connectivity index (χ1v) is 11.7. The molecule has 8 nitrogen and oxygen atoms in total. The number of fused-ring (bicyclic) bond motifs is 2. The lowest BCUT2D eigenvalue weighted by molar-refractivity contribution is -0.140. The van der Waals surface area contributed by atoms with Gasteiger partial charge in [0.05, 0.1) is 30.1 Å². The molecule has 0 aliphatic heterocycles. The van der Waals surface area contributed by atoms with Gasteiger partial charge in [-0.2, -0.15) is 0 Å². The average Bonchev–Trinajstić information content (AvgIpc) is 3.30. The first-order valence-electron chi connectivity index (χ1n) is 11.7. The Bertz CT molecular complexity index is 1640. The number of aromatic nitrogens is 4. The number of carbonyl (C=O) groups excluding carboxylic acids is 1. The van der Waals surface area contributed by atoms with E-state index in [-0.39, 0.29) is 23.3 Å². The minimum absolute atomic E-state index is 0.101. The molecule has 0 bridgehead atoms. The third kappa shape index (κ3) is 4.33. The summed E-state index contributed by atoms with van der Waals surface area (Å²) < 4.78 is 6.58. The van der Waals surface area contributed by atoms with E-state index in [2.05, 4.69) is 15.0 Å². The largest absolute Gasteiger partial charge is 0.507 e. The number of H-pyrrole nitrogens is 1. The average molecular weight is 483 g/mol. The van der Waals surface area contributed by atoms with Crippen molar-refractivity contribution in [1.29, 1.82) is 0 Å². The van der Waals surface area contributed by atoms with Gasteiger partial charge in [-0.1, -0.05) is 24.3 Å². The summed E-state index contributed by atoms with van der Waals surface area (Å²) in [6, 6.07) is 15.0. The Balaban J connectivity index is 1.57. The van der Waals surface area contributed by atoms with Crippen molar-refractivity contribution in [1.82, 2.24) is 19.5 Å². The first kappa shape index (κ1) is 23.3. The molecule has 0 saturated carbocycles. The molecule has 0 unspecified atom stereocenters. The molecule has 0 spiro atoms. The van der Waals surface area contributed by atoms with E-state index in [0.29, 0.717) is 35.3 Å². The van der Waals surface area contributed by atoms with E-state index in [1.807, 2.05) is 30.5 Å². The Hall–Kier alpha value is -4.46. The lowest BCUT2D eigenvalue weighted by atomic mass is 9.88. The fourth-order valence-corrected chi connectivity index (χ4v) is 4.78. The van der Waals surface area contributed by atoms with Crippen molar-refractivity contribution in [2.24, 2.45) is 0 Å². The van der Waals surface area contributed by atoms with Crippen LogP contribution in [-0.2, 0) is 22.5 Å². The fraction of sp³-hybridized carbons (Fsp3) is 0.214. The van der Waals surface area contributed by atoms with Crippen molar-refractivity contribution in [2.45, 2.75) is 32.2 Å². The third-order valence-corrected chi connectivity index (χ3v) is 6.65. The SMILES string of the molecule is COC(=O)C[C@H](c1ccc2nccnc2c1)c1c(O)cc(C)n(CCc2c[nH]c3ccccc23)c1=O. The molecule has 0 radical (unpaired) electrons. The van der Waals surface area contributed by atoms with E-state index in [1.54, 1.807) is 48.1 Å². The van der Waals surface area contributed by atoms with E-state index in [1.165, 1.54) is 7.11 Å². The van der Waals surface area contributed by atoms with Gasteiger partial charge in [0.25, 0.3) is 5.56 Å². The Morgan fingerprint density at radius 1 is 1.11 bits per heavy atom. The number of esters is 1. The number of para-hydroxylation sites is 1. The normalized spacial score (nSPS) is 12.2. The highest BCUT2D eigenvalue weighted by atomic mass is 16.5. The second-order valence-corrected chi connectivity index (χ2v) is 8.79. The minimum atomic E-state index is -0.712. The lowest BCUT2D eigenvalue weighted by Gasteiger charge is -2.20. The fourth-order valence-electron chi connectivity index (χ4n) is 4.78. The van der Waals surface area contributed by atoms with Gasteiger partial charge < -0.3 is 19.4 Å². The van der Waals surface area contributed by atoms with Crippen LogP contribution in [0.15, 0.2) is 71.9 Å².